The number of anilines is 2. The van der Waals surface area contributed by atoms with E-state index in [-0.39, 0.29) is 17.2 Å². The second kappa shape index (κ2) is 7.74. The molecule has 0 saturated carbocycles. The molecule has 2 aromatic rings. The molecule has 7 nitrogen and oxygen atoms in total. The van der Waals surface area contributed by atoms with E-state index in [4.69, 9.17) is 0 Å². The number of nitrogens with zero attached hydrogens (tertiary/aromatic N) is 2. The van der Waals surface area contributed by atoms with E-state index in [1.165, 1.54) is 12.8 Å². The summed E-state index contributed by atoms with van der Waals surface area (Å²) in [5.41, 5.74) is 1.42. The molecule has 138 valence electrons. The smallest absolute Gasteiger partial charge is 0.253 e. The van der Waals surface area contributed by atoms with Crippen molar-refractivity contribution in [1.82, 2.24) is 10.3 Å². The van der Waals surface area contributed by atoms with Crippen LogP contribution in [-0.4, -0.2) is 38.7 Å². The highest BCUT2D eigenvalue weighted by molar-refractivity contribution is 7.92. The Balaban J connectivity index is 1.64. The molecule has 0 unspecified atom stereocenters. The zero-order valence-corrected chi connectivity index (χ0v) is 15.4. The zero-order valence-electron chi connectivity index (χ0n) is 14.6. The Morgan fingerprint density at radius 3 is 2.54 bits per heavy atom. The summed E-state index contributed by atoms with van der Waals surface area (Å²) in [5.74, 6) is 0.612. The van der Waals surface area contributed by atoms with Crippen LogP contribution in [0.15, 0.2) is 42.6 Å². The van der Waals surface area contributed by atoms with Crippen LogP contribution < -0.4 is 14.9 Å². The van der Waals surface area contributed by atoms with Crippen LogP contribution in [0.3, 0.4) is 0 Å². The number of aromatic nitrogens is 1. The summed E-state index contributed by atoms with van der Waals surface area (Å²) in [6.45, 7) is 2.39. The summed E-state index contributed by atoms with van der Waals surface area (Å²) in [4.78, 5) is 19.1. The van der Waals surface area contributed by atoms with Crippen molar-refractivity contribution in [3.63, 3.8) is 0 Å². The fraction of sp³-hybridized carbons (Fsp3) is 0.333. The van der Waals surface area contributed by atoms with Gasteiger partial charge in [-0.15, -0.1) is 0 Å². The molecule has 2 N–H and O–H groups in total. The van der Waals surface area contributed by atoms with Crippen molar-refractivity contribution in [1.29, 1.82) is 0 Å². The van der Waals surface area contributed by atoms with Gasteiger partial charge in [-0.25, -0.2) is 13.4 Å². The molecule has 1 amide bonds. The lowest BCUT2D eigenvalue weighted by Gasteiger charge is -2.16. The predicted molar refractivity (Wildman–Crippen MR) is 102 cm³/mol. The number of sulfonamides is 1. The van der Waals surface area contributed by atoms with Crippen LogP contribution in [0, 0.1) is 0 Å². The summed E-state index contributed by atoms with van der Waals surface area (Å²) in [7, 11) is -3.46. The quantitative estimate of drug-likeness (QED) is 0.807. The van der Waals surface area contributed by atoms with Gasteiger partial charge in [-0.3, -0.25) is 9.52 Å². The number of hydrogen-bond donors (Lipinski definition) is 2. The first-order valence-electron chi connectivity index (χ1n) is 8.47. The number of carbonyl (C=O) groups excluding carboxylic acids is 1. The first-order chi connectivity index (χ1) is 12.4. The largest absolute Gasteiger partial charge is 0.357 e. The third kappa shape index (κ3) is 4.72. The summed E-state index contributed by atoms with van der Waals surface area (Å²) < 4.78 is 25.2. The van der Waals surface area contributed by atoms with E-state index in [9.17, 15) is 13.2 Å². The third-order valence-electron chi connectivity index (χ3n) is 4.16. The van der Waals surface area contributed by atoms with Gasteiger partial charge < -0.3 is 10.2 Å². The Morgan fingerprint density at radius 1 is 1.15 bits per heavy atom. The monoisotopic (exact) mass is 374 g/mol. The maximum absolute atomic E-state index is 12.4. The van der Waals surface area contributed by atoms with E-state index >= 15 is 0 Å². The molecule has 0 bridgehead atoms. The highest BCUT2D eigenvalue weighted by Gasteiger charge is 2.15. The molecule has 8 heteroatoms. The predicted octanol–water partition coefficient (Wildman–Crippen LogP) is 1.98. The van der Waals surface area contributed by atoms with Gasteiger partial charge in [-0.05, 0) is 36.6 Å². The molecular weight excluding hydrogens is 352 g/mol. The Morgan fingerprint density at radius 2 is 1.88 bits per heavy atom. The first kappa shape index (κ1) is 18.2. The average Bonchev–Trinajstić information content (AvgIpc) is 3.14. The Bertz CT molecular complexity index is 876. The topological polar surface area (TPSA) is 91.4 Å². The van der Waals surface area contributed by atoms with Gasteiger partial charge in [0.05, 0.1) is 17.5 Å². The SMILES string of the molecule is CS(=O)(=O)Nc1ccccc1C(=O)NCc1ccc(N2CCCC2)nc1. The van der Waals surface area contributed by atoms with E-state index < -0.39 is 10.0 Å². The molecule has 0 radical (unpaired) electrons. The van der Waals surface area contributed by atoms with Crippen molar-refractivity contribution in [3.05, 3.63) is 53.7 Å². The summed E-state index contributed by atoms with van der Waals surface area (Å²) in [5, 5.41) is 2.80. The van der Waals surface area contributed by atoms with Gasteiger partial charge in [0.15, 0.2) is 0 Å². The molecule has 1 saturated heterocycles. The lowest BCUT2D eigenvalue weighted by Crippen LogP contribution is -2.25. The summed E-state index contributed by atoms with van der Waals surface area (Å²) in [6.07, 6.45) is 5.20. The molecule has 3 rings (SSSR count). The van der Waals surface area contributed by atoms with E-state index in [0.29, 0.717) is 6.54 Å². The Labute approximate surface area is 153 Å². The Kier molecular flexibility index (Phi) is 5.41. The molecule has 1 fully saturated rings. The van der Waals surface area contributed by atoms with Crippen LogP contribution in [0.1, 0.15) is 28.8 Å². The van der Waals surface area contributed by atoms with Crippen molar-refractivity contribution in [2.75, 3.05) is 29.0 Å². The maximum atomic E-state index is 12.4. The number of rotatable bonds is 6. The van der Waals surface area contributed by atoms with Crippen molar-refractivity contribution >= 4 is 27.4 Å². The first-order valence-corrected chi connectivity index (χ1v) is 10.4. The fourth-order valence-corrected chi connectivity index (χ4v) is 3.48. The molecule has 0 atom stereocenters. The second-order valence-electron chi connectivity index (χ2n) is 6.32. The van der Waals surface area contributed by atoms with Crippen molar-refractivity contribution in [2.24, 2.45) is 0 Å². The van der Waals surface area contributed by atoms with E-state index in [2.05, 4.69) is 19.9 Å². The second-order valence-corrected chi connectivity index (χ2v) is 8.07. The average molecular weight is 374 g/mol. The fourth-order valence-electron chi connectivity index (χ4n) is 2.90. The van der Waals surface area contributed by atoms with Crippen LogP contribution in [-0.2, 0) is 16.6 Å². The molecule has 1 aliphatic rings. The van der Waals surface area contributed by atoms with Crippen molar-refractivity contribution in [3.8, 4) is 0 Å². The van der Waals surface area contributed by atoms with E-state index in [1.807, 2.05) is 12.1 Å². The van der Waals surface area contributed by atoms with Gasteiger partial charge in [-0.1, -0.05) is 18.2 Å². The van der Waals surface area contributed by atoms with Crippen molar-refractivity contribution in [2.45, 2.75) is 19.4 Å². The van der Waals surface area contributed by atoms with Gasteiger partial charge in [-0.2, -0.15) is 0 Å². The molecule has 26 heavy (non-hydrogen) atoms. The van der Waals surface area contributed by atoms with Gasteiger partial charge >= 0.3 is 0 Å². The van der Waals surface area contributed by atoms with Crippen LogP contribution in [0.2, 0.25) is 0 Å². The minimum atomic E-state index is -3.46. The molecule has 1 aromatic heterocycles. The number of hydrogen-bond acceptors (Lipinski definition) is 5. The van der Waals surface area contributed by atoms with Crippen LogP contribution in [0.4, 0.5) is 11.5 Å². The van der Waals surface area contributed by atoms with Crippen LogP contribution in [0.25, 0.3) is 0 Å². The van der Waals surface area contributed by atoms with Crippen LogP contribution in [0.5, 0.6) is 0 Å². The number of nitrogens with one attached hydrogen (secondary N) is 2. The molecule has 1 aliphatic heterocycles. The summed E-state index contributed by atoms with van der Waals surface area (Å²) >= 11 is 0. The molecule has 2 heterocycles. The lowest BCUT2D eigenvalue weighted by molar-refractivity contribution is 0.0952. The number of carbonyl (C=O) groups is 1. The van der Waals surface area contributed by atoms with Gasteiger partial charge in [0.1, 0.15) is 5.82 Å². The number of amides is 1. The third-order valence-corrected chi connectivity index (χ3v) is 4.75. The van der Waals surface area contributed by atoms with Crippen LogP contribution >= 0.6 is 0 Å². The molecule has 0 aliphatic carbocycles. The number of para-hydroxylation sites is 1. The highest BCUT2D eigenvalue weighted by atomic mass is 32.2. The standard InChI is InChI=1S/C18H22N4O3S/c1-26(24,25)21-16-7-3-2-6-15(16)18(23)20-13-14-8-9-17(19-12-14)22-10-4-5-11-22/h2-3,6-9,12,21H,4-5,10-11,13H2,1H3,(H,20,23). The van der Waals surface area contributed by atoms with Gasteiger partial charge in [0, 0.05) is 25.8 Å². The normalized spacial score (nSPS) is 14.3. The minimum Gasteiger partial charge on any atom is -0.357 e. The highest BCUT2D eigenvalue weighted by Crippen LogP contribution is 2.18. The maximum Gasteiger partial charge on any atom is 0.253 e. The molecule has 1 aromatic carbocycles. The summed E-state index contributed by atoms with van der Waals surface area (Å²) in [6, 6.07) is 10.4. The minimum absolute atomic E-state index is 0.259. The van der Waals surface area contributed by atoms with Crippen molar-refractivity contribution < 1.29 is 13.2 Å². The van der Waals surface area contributed by atoms with Gasteiger partial charge in [0.2, 0.25) is 10.0 Å². The lowest BCUT2D eigenvalue weighted by atomic mass is 10.1. The molecular formula is C18H22N4O3S. The number of pyridine rings is 1. The zero-order chi connectivity index (χ0) is 18.6. The van der Waals surface area contributed by atoms with Gasteiger partial charge in [0.25, 0.3) is 5.91 Å². The molecule has 0 spiro atoms. The van der Waals surface area contributed by atoms with E-state index in [1.54, 1.807) is 30.5 Å². The number of benzene rings is 1. The Hall–Kier alpha value is -2.61. The van der Waals surface area contributed by atoms with E-state index in [0.717, 1.165) is 30.7 Å².